The molecular weight excluding hydrogens is 190 g/mol. The summed E-state index contributed by atoms with van der Waals surface area (Å²) in [6, 6.07) is 3.38. The standard InChI is InChI=1S/C12H13NO2/c1-7-2-3-8-4-5-9(12(14)15)11(13)10(8)6-7/h2-5,7H,6,13H2,1H3,(H,14,15). The Bertz CT molecular complexity index is 449. The Morgan fingerprint density at radius 2 is 2.27 bits per heavy atom. The maximum Gasteiger partial charge on any atom is 0.337 e. The Kier molecular flexibility index (Phi) is 2.23. The van der Waals surface area contributed by atoms with Crippen LogP contribution in [0.2, 0.25) is 0 Å². The largest absolute Gasteiger partial charge is 0.478 e. The van der Waals surface area contributed by atoms with Crippen molar-refractivity contribution >= 4 is 17.7 Å². The summed E-state index contributed by atoms with van der Waals surface area (Å²) in [5, 5.41) is 8.94. The van der Waals surface area contributed by atoms with Crippen molar-refractivity contribution in [3.05, 3.63) is 34.9 Å². The van der Waals surface area contributed by atoms with Crippen molar-refractivity contribution in [2.75, 3.05) is 5.73 Å². The van der Waals surface area contributed by atoms with Gasteiger partial charge in [0.25, 0.3) is 0 Å². The Morgan fingerprint density at radius 3 is 2.93 bits per heavy atom. The fourth-order valence-corrected chi connectivity index (χ4v) is 1.91. The fraction of sp³-hybridized carbons (Fsp3) is 0.250. The van der Waals surface area contributed by atoms with E-state index in [-0.39, 0.29) is 5.56 Å². The molecule has 3 heteroatoms. The van der Waals surface area contributed by atoms with Crippen LogP contribution in [-0.2, 0) is 6.42 Å². The smallest absolute Gasteiger partial charge is 0.337 e. The number of carboxylic acids is 1. The number of carbonyl (C=O) groups is 1. The highest BCUT2D eigenvalue weighted by molar-refractivity contribution is 5.95. The predicted molar refractivity (Wildman–Crippen MR) is 59.7 cm³/mol. The summed E-state index contributed by atoms with van der Waals surface area (Å²) in [7, 11) is 0. The van der Waals surface area contributed by atoms with Crippen molar-refractivity contribution in [1.29, 1.82) is 0 Å². The van der Waals surface area contributed by atoms with Crippen LogP contribution in [0.5, 0.6) is 0 Å². The molecule has 0 bridgehead atoms. The molecule has 3 nitrogen and oxygen atoms in total. The van der Waals surface area contributed by atoms with E-state index in [1.807, 2.05) is 12.1 Å². The van der Waals surface area contributed by atoms with E-state index >= 15 is 0 Å². The van der Waals surface area contributed by atoms with Gasteiger partial charge < -0.3 is 10.8 Å². The average molecular weight is 203 g/mol. The number of aromatic carboxylic acids is 1. The molecule has 0 aliphatic heterocycles. The molecule has 0 radical (unpaired) electrons. The van der Waals surface area contributed by atoms with Gasteiger partial charge in [-0.3, -0.25) is 0 Å². The van der Waals surface area contributed by atoms with E-state index in [4.69, 9.17) is 10.8 Å². The van der Waals surface area contributed by atoms with Gasteiger partial charge in [0.15, 0.2) is 0 Å². The van der Waals surface area contributed by atoms with E-state index in [2.05, 4.69) is 13.0 Å². The number of fused-ring (bicyclic) bond motifs is 1. The number of rotatable bonds is 1. The van der Waals surface area contributed by atoms with Crippen molar-refractivity contribution in [3.8, 4) is 0 Å². The normalized spacial score (nSPS) is 18.6. The molecule has 1 aromatic carbocycles. The number of hydrogen-bond acceptors (Lipinski definition) is 2. The average Bonchev–Trinajstić information content (AvgIpc) is 2.19. The highest BCUT2D eigenvalue weighted by Gasteiger charge is 2.17. The molecule has 3 N–H and O–H groups in total. The third-order valence-corrected chi connectivity index (χ3v) is 2.75. The Labute approximate surface area is 88.2 Å². The first-order valence-corrected chi connectivity index (χ1v) is 4.92. The van der Waals surface area contributed by atoms with Gasteiger partial charge in [0.05, 0.1) is 5.56 Å². The number of allylic oxidation sites excluding steroid dienone is 1. The summed E-state index contributed by atoms with van der Waals surface area (Å²) < 4.78 is 0. The van der Waals surface area contributed by atoms with E-state index in [1.54, 1.807) is 6.07 Å². The molecule has 0 fully saturated rings. The Balaban J connectivity index is 2.58. The van der Waals surface area contributed by atoms with Crippen LogP contribution in [0.1, 0.15) is 28.4 Å². The van der Waals surface area contributed by atoms with Gasteiger partial charge in [-0.1, -0.05) is 25.1 Å². The molecule has 1 aromatic rings. The molecule has 1 aliphatic carbocycles. The van der Waals surface area contributed by atoms with Gasteiger partial charge >= 0.3 is 5.97 Å². The summed E-state index contributed by atoms with van der Waals surface area (Å²) in [5.74, 6) is -0.540. The second-order valence-electron chi connectivity index (χ2n) is 3.94. The molecule has 0 saturated carbocycles. The van der Waals surface area contributed by atoms with Gasteiger partial charge in [0, 0.05) is 5.69 Å². The van der Waals surface area contributed by atoms with E-state index < -0.39 is 5.97 Å². The maximum absolute atomic E-state index is 10.9. The molecule has 0 spiro atoms. The fourth-order valence-electron chi connectivity index (χ4n) is 1.91. The molecule has 0 amide bonds. The molecule has 1 unspecified atom stereocenters. The second kappa shape index (κ2) is 3.42. The van der Waals surface area contributed by atoms with Crippen LogP contribution in [0.25, 0.3) is 6.08 Å². The van der Waals surface area contributed by atoms with Gasteiger partial charge in [-0.15, -0.1) is 0 Å². The number of carboxylic acid groups (broad SMARTS) is 1. The Morgan fingerprint density at radius 1 is 1.53 bits per heavy atom. The lowest BCUT2D eigenvalue weighted by Crippen LogP contribution is -2.11. The van der Waals surface area contributed by atoms with Crippen molar-refractivity contribution in [2.45, 2.75) is 13.3 Å². The first-order chi connectivity index (χ1) is 7.09. The quantitative estimate of drug-likeness (QED) is 0.687. The van der Waals surface area contributed by atoms with Crippen molar-refractivity contribution in [3.63, 3.8) is 0 Å². The molecular formula is C12H13NO2. The summed E-state index contributed by atoms with van der Waals surface area (Å²) in [6.07, 6.45) is 4.94. The highest BCUT2D eigenvalue weighted by Crippen LogP contribution is 2.29. The lowest BCUT2D eigenvalue weighted by Gasteiger charge is -2.18. The van der Waals surface area contributed by atoms with Gasteiger partial charge in [-0.25, -0.2) is 4.79 Å². The summed E-state index contributed by atoms with van der Waals surface area (Å²) in [6.45, 7) is 2.09. The molecule has 0 aromatic heterocycles. The van der Waals surface area contributed by atoms with Crippen LogP contribution in [0.4, 0.5) is 5.69 Å². The third kappa shape index (κ3) is 1.61. The molecule has 78 valence electrons. The lowest BCUT2D eigenvalue weighted by atomic mass is 9.88. The van der Waals surface area contributed by atoms with Crippen molar-refractivity contribution < 1.29 is 9.90 Å². The topological polar surface area (TPSA) is 63.3 Å². The van der Waals surface area contributed by atoms with Crippen LogP contribution in [-0.4, -0.2) is 11.1 Å². The zero-order chi connectivity index (χ0) is 11.0. The minimum Gasteiger partial charge on any atom is -0.478 e. The maximum atomic E-state index is 10.9. The first kappa shape index (κ1) is 9.77. The number of hydrogen-bond donors (Lipinski definition) is 2. The predicted octanol–water partition coefficient (Wildman–Crippen LogP) is 2.17. The monoisotopic (exact) mass is 203 g/mol. The second-order valence-corrected chi connectivity index (χ2v) is 3.94. The van der Waals surface area contributed by atoms with Crippen LogP contribution < -0.4 is 5.73 Å². The van der Waals surface area contributed by atoms with Crippen LogP contribution in [0.15, 0.2) is 18.2 Å². The molecule has 0 saturated heterocycles. The van der Waals surface area contributed by atoms with Crippen LogP contribution in [0.3, 0.4) is 0 Å². The van der Waals surface area contributed by atoms with E-state index in [9.17, 15) is 4.79 Å². The van der Waals surface area contributed by atoms with Gasteiger partial charge in [-0.2, -0.15) is 0 Å². The minimum absolute atomic E-state index is 0.205. The summed E-state index contributed by atoms with van der Waals surface area (Å²) in [5.41, 5.74) is 8.47. The number of anilines is 1. The van der Waals surface area contributed by atoms with Crippen molar-refractivity contribution in [2.24, 2.45) is 5.92 Å². The lowest BCUT2D eigenvalue weighted by molar-refractivity contribution is 0.0698. The molecule has 1 aliphatic rings. The summed E-state index contributed by atoms with van der Waals surface area (Å²) in [4.78, 5) is 10.9. The summed E-state index contributed by atoms with van der Waals surface area (Å²) >= 11 is 0. The van der Waals surface area contributed by atoms with Gasteiger partial charge in [0.1, 0.15) is 0 Å². The third-order valence-electron chi connectivity index (χ3n) is 2.75. The molecule has 1 atom stereocenters. The van der Waals surface area contributed by atoms with E-state index in [1.165, 1.54) is 0 Å². The van der Waals surface area contributed by atoms with Crippen molar-refractivity contribution in [1.82, 2.24) is 0 Å². The van der Waals surface area contributed by atoms with Gasteiger partial charge in [0.2, 0.25) is 0 Å². The highest BCUT2D eigenvalue weighted by atomic mass is 16.4. The number of nitrogen functional groups attached to an aromatic ring is 1. The SMILES string of the molecule is CC1C=Cc2ccc(C(=O)O)c(N)c2C1. The first-order valence-electron chi connectivity index (χ1n) is 4.92. The van der Waals surface area contributed by atoms with Crippen LogP contribution in [0, 0.1) is 5.92 Å². The Hall–Kier alpha value is -1.77. The zero-order valence-electron chi connectivity index (χ0n) is 8.53. The molecule has 15 heavy (non-hydrogen) atoms. The van der Waals surface area contributed by atoms with E-state index in [0.717, 1.165) is 17.5 Å². The molecule has 0 heterocycles. The zero-order valence-corrected chi connectivity index (χ0v) is 8.53. The van der Waals surface area contributed by atoms with Crippen LogP contribution >= 0.6 is 0 Å². The minimum atomic E-state index is -0.961. The molecule has 2 rings (SSSR count). The number of benzene rings is 1. The number of nitrogens with two attached hydrogens (primary N) is 1. The van der Waals surface area contributed by atoms with Gasteiger partial charge in [-0.05, 0) is 29.5 Å². The van der Waals surface area contributed by atoms with E-state index in [0.29, 0.717) is 11.6 Å².